The van der Waals surface area contributed by atoms with Crippen LogP contribution in [0.15, 0.2) is 71.3 Å². The van der Waals surface area contributed by atoms with Gasteiger partial charge in [0.15, 0.2) is 0 Å². The van der Waals surface area contributed by atoms with Gasteiger partial charge in [0.1, 0.15) is 12.3 Å². The van der Waals surface area contributed by atoms with Crippen molar-refractivity contribution < 1.29 is 14.0 Å². The molecule has 2 aromatic carbocycles. The summed E-state index contributed by atoms with van der Waals surface area (Å²) in [4.78, 5) is 28.2. The number of nitrogens with two attached hydrogens (primary N) is 1. The second-order valence-electron chi connectivity index (χ2n) is 5.50. The molecule has 1 atom stereocenters. The van der Waals surface area contributed by atoms with Gasteiger partial charge in [-0.1, -0.05) is 48.5 Å². The van der Waals surface area contributed by atoms with Crippen molar-refractivity contribution in [1.29, 1.82) is 0 Å². The van der Waals surface area contributed by atoms with Crippen LogP contribution in [0.4, 0.5) is 0 Å². The van der Waals surface area contributed by atoms with Gasteiger partial charge in [0.2, 0.25) is 17.7 Å². The van der Waals surface area contributed by atoms with Crippen LogP contribution in [0, 0.1) is 0 Å². The van der Waals surface area contributed by atoms with Crippen molar-refractivity contribution >= 4 is 11.8 Å². The highest BCUT2D eigenvalue weighted by molar-refractivity contribution is 5.88. The lowest BCUT2D eigenvalue weighted by molar-refractivity contribution is -0.127. The molecule has 0 saturated carbocycles. The highest BCUT2D eigenvalue weighted by Gasteiger charge is 2.20. The molecule has 0 radical (unpaired) electrons. The summed E-state index contributed by atoms with van der Waals surface area (Å²) in [6, 6.07) is 17.4. The van der Waals surface area contributed by atoms with Crippen LogP contribution in [0.5, 0.6) is 0 Å². The number of primary amides is 1. The van der Waals surface area contributed by atoms with Crippen LogP contribution in [-0.4, -0.2) is 16.8 Å². The van der Waals surface area contributed by atoms with Gasteiger partial charge in [0.25, 0.3) is 0 Å². The molecular formula is C19H17N3O3. The fourth-order valence-electron chi connectivity index (χ4n) is 2.44. The first-order chi connectivity index (χ1) is 12.1. The standard InChI is InChI=1S/C19H17N3O3/c20-18(24)17(13-7-3-1-4-8-13)22-16(23)11-15-12-25-19(21-15)14-9-5-2-6-10-14/h1-10,12,17H,11H2,(H2,20,24)(H,22,23)/t17-/m0/s1. The molecule has 3 rings (SSSR count). The molecule has 1 heterocycles. The van der Waals surface area contributed by atoms with E-state index in [9.17, 15) is 9.59 Å². The quantitative estimate of drug-likeness (QED) is 0.721. The molecule has 25 heavy (non-hydrogen) atoms. The van der Waals surface area contributed by atoms with Crippen molar-refractivity contribution in [3.8, 4) is 11.5 Å². The zero-order valence-corrected chi connectivity index (χ0v) is 13.4. The minimum Gasteiger partial charge on any atom is -0.444 e. The molecule has 3 N–H and O–H groups in total. The summed E-state index contributed by atoms with van der Waals surface area (Å²) >= 11 is 0. The minimum absolute atomic E-state index is 0.00700. The zero-order valence-electron chi connectivity index (χ0n) is 13.4. The van der Waals surface area contributed by atoms with E-state index >= 15 is 0 Å². The molecule has 0 aliphatic heterocycles. The highest BCUT2D eigenvalue weighted by atomic mass is 16.3. The lowest BCUT2D eigenvalue weighted by Crippen LogP contribution is -2.38. The number of hydrogen-bond donors (Lipinski definition) is 2. The maximum atomic E-state index is 12.2. The molecule has 1 aromatic heterocycles. The Hall–Kier alpha value is -3.41. The maximum Gasteiger partial charge on any atom is 0.244 e. The van der Waals surface area contributed by atoms with Crippen molar-refractivity contribution in [3.63, 3.8) is 0 Å². The van der Waals surface area contributed by atoms with Gasteiger partial charge in [-0.2, -0.15) is 0 Å². The van der Waals surface area contributed by atoms with Crippen LogP contribution in [-0.2, 0) is 16.0 Å². The van der Waals surface area contributed by atoms with Crippen molar-refractivity contribution in [2.45, 2.75) is 12.5 Å². The third kappa shape index (κ3) is 4.11. The molecule has 6 heteroatoms. The predicted molar refractivity (Wildman–Crippen MR) is 92.2 cm³/mol. The summed E-state index contributed by atoms with van der Waals surface area (Å²) < 4.78 is 5.41. The Morgan fingerprint density at radius 3 is 2.32 bits per heavy atom. The number of hydrogen-bond acceptors (Lipinski definition) is 4. The second-order valence-corrected chi connectivity index (χ2v) is 5.50. The lowest BCUT2D eigenvalue weighted by atomic mass is 10.1. The first-order valence-corrected chi connectivity index (χ1v) is 7.77. The Bertz CT molecular complexity index is 860. The number of nitrogens with zero attached hydrogens (tertiary/aromatic N) is 1. The first-order valence-electron chi connectivity index (χ1n) is 7.77. The first kappa shape index (κ1) is 16.4. The van der Waals surface area contributed by atoms with Crippen molar-refractivity contribution in [2.24, 2.45) is 5.73 Å². The van der Waals surface area contributed by atoms with Crippen LogP contribution >= 0.6 is 0 Å². The average molecular weight is 335 g/mol. The second kappa shape index (κ2) is 7.44. The van der Waals surface area contributed by atoms with Crippen molar-refractivity contribution in [2.75, 3.05) is 0 Å². The summed E-state index contributed by atoms with van der Waals surface area (Å²) in [5, 5.41) is 2.64. The van der Waals surface area contributed by atoms with Gasteiger partial charge in [-0.3, -0.25) is 9.59 Å². The molecule has 0 aliphatic rings. The van der Waals surface area contributed by atoms with E-state index in [0.29, 0.717) is 17.1 Å². The minimum atomic E-state index is -0.880. The number of benzene rings is 2. The zero-order chi connectivity index (χ0) is 17.6. The van der Waals surface area contributed by atoms with E-state index in [-0.39, 0.29) is 12.3 Å². The normalized spacial score (nSPS) is 11.7. The van der Waals surface area contributed by atoms with Gasteiger partial charge >= 0.3 is 0 Å². The SMILES string of the molecule is NC(=O)[C@@H](NC(=O)Cc1coc(-c2ccccc2)n1)c1ccccc1. The Kier molecular flexibility index (Phi) is 4.89. The molecule has 0 bridgehead atoms. The topological polar surface area (TPSA) is 98.2 Å². The van der Waals surface area contributed by atoms with Crippen LogP contribution < -0.4 is 11.1 Å². The molecule has 0 unspecified atom stereocenters. The Labute approximate surface area is 144 Å². The van der Waals surface area contributed by atoms with Gasteiger partial charge in [-0.05, 0) is 17.7 Å². The van der Waals surface area contributed by atoms with E-state index in [2.05, 4.69) is 10.3 Å². The van der Waals surface area contributed by atoms with Gasteiger partial charge in [-0.15, -0.1) is 0 Å². The van der Waals surface area contributed by atoms with Crippen molar-refractivity contribution in [3.05, 3.63) is 78.2 Å². The maximum absolute atomic E-state index is 12.2. The molecule has 3 aromatic rings. The molecule has 2 amide bonds. The molecule has 126 valence electrons. The van der Waals surface area contributed by atoms with Crippen LogP contribution in [0.1, 0.15) is 17.3 Å². The summed E-state index contributed by atoms with van der Waals surface area (Å²) in [6.07, 6.45) is 1.43. The summed E-state index contributed by atoms with van der Waals surface area (Å²) in [7, 11) is 0. The van der Waals surface area contributed by atoms with E-state index in [1.54, 1.807) is 24.3 Å². The Balaban J connectivity index is 1.68. The van der Waals surface area contributed by atoms with Crippen LogP contribution in [0.2, 0.25) is 0 Å². The fraction of sp³-hybridized carbons (Fsp3) is 0.105. The lowest BCUT2D eigenvalue weighted by Gasteiger charge is -2.15. The number of rotatable bonds is 6. The van der Waals surface area contributed by atoms with Gasteiger partial charge in [0.05, 0.1) is 12.1 Å². The van der Waals surface area contributed by atoms with Crippen molar-refractivity contribution in [1.82, 2.24) is 10.3 Å². The van der Waals surface area contributed by atoms with Crippen LogP contribution in [0.3, 0.4) is 0 Å². The monoisotopic (exact) mass is 335 g/mol. The highest BCUT2D eigenvalue weighted by Crippen LogP contribution is 2.18. The third-order valence-electron chi connectivity index (χ3n) is 3.64. The Morgan fingerprint density at radius 2 is 1.68 bits per heavy atom. The smallest absolute Gasteiger partial charge is 0.244 e. The number of carbonyl (C=O) groups excluding carboxylic acids is 2. The average Bonchev–Trinajstić information content (AvgIpc) is 3.09. The van der Waals surface area contributed by atoms with Gasteiger partial charge < -0.3 is 15.5 Å². The molecule has 0 aliphatic carbocycles. The summed E-state index contributed by atoms with van der Waals surface area (Å²) in [5.74, 6) is -0.539. The van der Waals surface area contributed by atoms with E-state index < -0.39 is 11.9 Å². The van der Waals surface area contributed by atoms with Gasteiger partial charge in [0, 0.05) is 5.56 Å². The molecule has 0 spiro atoms. The van der Waals surface area contributed by atoms with E-state index in [4.69, 9.17) is 10.2 Å². The number of aromatic nitrogens is 1. The molecule has 0 fully saturated rings. The number of oxazole rings is 1. The van der Waals surface area contributed by atoms with E-state index in [0.717, 1.165) is 5.56 Å². The molecular weight excluding hydrogens is 318 g/mol. The number of carbonyl (C=O) groups is 2. The largest absolute Gasteiger partial charge is 0.444 e. The Morgan fingerprint density at radius 1 is 1.04 bits per heavy atom. The van der Waals surface area contributed by atoms with E-state index in [1.807, 2.05) is 36.4 Å². The number of nitrogens with one attached hydrogen (secondary N) is 1. The summed E-state index contributed by atoms with van der Waals surface area (Å²) in [5.41, 5.74) is 7.34. The number of amides is 2. The predicted octanol–water partition coefficient (Wildman–Crippen LogP) is 2.23. The molecule has 6 nitrogen and oxygen atoms in total. The van der Waals surface area contributed by atoms with E-state index in [1.165, 1.54) is 6.26 Å². The third-order valence-corrected chi connectivity index (χ3v) is 3.64. The summed E-state index contributed by atoms with van der Waals surface area (Å²) in [6.45, 7) is 0. The van der Waals surface area contributed by atoms with Gasteiger partial charge in [-0.25, -0.2) is 4.98 Å². The molecule has 0 saturated heterocycles. The fourth-order valence-corrected chi connectivity index (χ4v) is 2.44. The van der Waals surface area contributed by atoms with Crippen LogP contribution in [0.25, 0.3) is 11.5 Å².